The van der Waals surface area contributed by atoms with Gasteiger partial charge in [-0.2, -0.15) is 0 Å². The second-order valence-corrected chi connectivity index (χ2v) is 10.1. The van der Waals surface area contributed by atoms with Gasteiger partial charge in [-0.25, -0.2) is 18.7 Å². The number of amides is 2. The average molecular weight is 534 g/mol. The average Bonchev–Trinajstić information content (AvgIpc) is 3.61. The van der Waals surface area contributed by atoms with Crippen LogP contribution in [-0.2, 0) is 16.6 Å². The highest BCUT2D eigenvalue weighted by Crippen LogP contribution is 2.57. The molecule has 1 aromatic heterocycles. The fourth-order valence-electron chi connectivity index (χ4n) is 5.22. The number of hydrogen-bond donors (Lipinski definition) is 2. The third kappa shape index (κ3) is 4.82. The van der Waals surface area contributed by atoms with Crippen molar-refractivity contribution in [3.63, 3.8) is 0 Å². The van der Waals surface area contributed by atoms with E-state index in [4.69, 9.17) is 10.5 Å². The van der Waals surface area contributed by atoms with Gasteiger partial charge in [-0.3, -0.25) is 9.59 Å². The molecule has 0 radical (unpaired) electrons. The van der Waals surface area contributed by atoms with Gasteiger partial charge in [0.05, 0.1) is 12.1 Å². The first-order valence-corrected chi connectivity index (χ1v) is 12.7. The van der Waals surface area contributed by atoms with Crippen molar-refractivity contribution in [2.75, 3.05) is 31.2 Å². The quantitative estimate of drug-likeness (QED) is 0.411. The summed E-state index contributed by atoms with van der Waals surface area (Å²) in [5.74, 6) is -1.95. The number of nitrogens with two attached hydrogens (primary N) is 1. The molecule has 0 aliphatic heterocycles. The molecule has 0 saturated heterocycles. The number of nitrogen functional groups attached to an aromatic ring is 1. The summed E-state index contributed by atoms with van der Waals surface area (Å²) in [6.07, 6.45) is 6.04. The molecule has 2 aliphatic rings. The van der Waals surface area contributed by atoms with Crippen molar-refractivity contribution >= 4 is 23.3 Å². The highest BCUT2D eigenvalue weighted by molar-refractivity contribution is 6.05. The minimum absolute atomic E-state index is 0.0283. The molecule has 0 unspecified atom stereocenters. The fourth-order valence-corrected chi connectivity index (χ4v) is 5.22. The first-order valence-electron chi connectivity index (χ1n) is 12.7. The van der Waals surface area contributed by atoms with Crippen molar-refractivity contribution in [1.29, 1.82) is 0 Å². The number of nitrogens with zero attached hydrogens (tertiary/aromatic N) is 3. The summed E-state index contributed by atoms with van der Waals surface area (Å²) in [5, 5.41) is 2.67. The van der Waals surface area contributed by atoms with E-state index in [1.165, 1.54) is 35.5 Å². The minimum Gasteiger partial charge on any atom is -0.486 e. The largest absolute Gasteiger partial charge is 0.486 e. The number of rotatable bonds is 8. The Hall–Kier alpha value is -4.34. The van der Waals surface area contributed by atoms with Crippen LogP contribution in [0.1, 0.15) is 46.3 Å². The van der Waals surface area contributed by atoms with E-state index < -0.39 is 17.5 Å². The van der Waals surface area contributed by atoms with E-state index in [1.807, 2.05) is 6.07 Å². The zero-order valence-corrected chi connectivity index (χ0v) is 21.8. The Morgan fingerprint density at radius 1 is 1.23 bits per heavy atom. The van der Waals surface area contributed by atoms with E-state index in [0.29, 0.717) is 23.1 Å². The summed E-state index contributed by atoms with van der Waals surface area (Å²) in [7, 11) is 1.60. The Balaban J connectivity index is 1.42. The van der Waals surface area contributed by atoms with Crippen LogP contribution in [0, 0.1) is 18.6 Å². The van der Waals surface area contributed by atoms with Crippen LogP contribution in [0.5, 0.6) is 5.75 Å². The number of carbonyl (C=O) groups is 2. The molecule has 1 saturated carbocycles. The van der Waals surface area contributed by atoms with Crippen LogP contribution in [0.3, 0.4) is 0 Å². The van der Waals surface area contributed by atoms with Crippen molar-refractivity contribution in [3.8, 4) is 17.0 Å². The minimum atomic E-state index is -0.666. The van der Waals surface area contributed by atoms with E-state index in [1.54, 1.807) is 14.0 Å². The van der Waals surface area contributed by atoms with E-state index in [-0.39, 0.29) is 53.0 Å². The Bertz CT molecular complexity index is 1500. The van der Waals surface area contributed by atoms with Gasteiger partial charge in [-0.1, -0.05) is 12.6 Å². The predicted octanol–water partition coefficient (Wildman–Crippen LogP) is 4.57. The summed E-state index contributed by atoms with van der Waals surface area (Å²) in [6.45, 7) is 5.43. The first-order chi connectivity index (χ1) is 18.6. The number of fused-ring (bicyclic) bond motifs is 2. The molecular formula is C29H29F2N5O3. The van der Waals surface area contributed by atoms with E-state index in [2.05, 4.69) is 21.9 Å². The lowest BCUT2D eigenvalue weighted by Gasteiger charge is -2.19. The van der Waals surface area contributed by atoms with Crippen LogP contribution in [0.4, 0.5) is 20.3 Å². The van der Waals surface area contributed by atoms with Gasteiger partial charge in [0.25, 0.3) is 5.91 Å². The molecule has 0 bridgehead atoms. The number of aromatic nitrogens is 2. The summed E-state index contributed by atoms with van der Waals surface area (Å²) < 4.78 is 36.0. The molecule has 8 nitrogen and oxygen atoms in total. The standard InChI is InChI=1S/C29H29F2N5O3/c1-4-23(37)36(3)11-12-39-26-25(33-15-34-27(26)32)20-13-17(30)14-22(16(20)2)35-28(38)19-5-6-21-18(24(19)31)7-8-29(21)9-10-29/h4-6,13-15H,1,7-12H2,2-3H3,(H,35,38)(H2,32,33,34). The number of halogens is 2. The maximum atomic E-state index is 15.4. The second-order valence-electron chi connectivity index (χ2n) is 10.1. The Morgan fingerprint density at radius 2 is 2.00 bits per heavy atom. The highest BCUT2D eigenvalue weighted by Gasteiger charge is 2.49. The van der Waals surface area contributed by atoms with Crippen molar-refractivity contribution in [1.82, 2.24) is 14.9 Å². The number of ether oxygens (including phenoxy) is 1. The van der Waals surface area contributed by atoms with Gasteiger partial charge < -0.3 is 20.7 Å². The molecule has 3 aromatic rings. The van der Waals surface area contributed by atoms with Gasteiger partial charge in [-0.15, -0.1) is 0 Å². The van der Waals surface area contributed by atoms with Crippen LogP contribution in [0.25, 0.3) is 11.3 Å². The molecule has 1 fully saturated rings. The summed E-state index contributed by atoms with van der Waals surface area (Å²) in [4.78, 5) is 34.5. The molecule has 10 heteroatoms. The fraction of sp³-hybridized carbons (Fsp3) is 0.310. The van der Waals surface area contributed by atoms with E-state index in [0.717, 1.165) is 24.8 Å². The van der Waals surface area contributed by atoms with Crippen molar-refractivity contribution in [2.24, 2.45) is 0 Å². The molecule has 0 atom stereocenters. The summed E-state index contributed by atoms with van der Waals surface area (Å²) >= 11 is 0. The maximum absolute atomic E-state index is 15.4. The van der Waals surface area contributed by atoms with Crippen LogP contribution in [0.15, 0.2) is 43.2 Å². The van der Waals surface area contributed by atoms with Crippen molar-refractivity contribution in [2.45, 2.75) is 38.0 Å². The smallest absolute Gasteiger partial charge is 0.258 e. The molecule has 5 rings (SSSR count). The zero-order valence-electron chi connectivity index (χ0n) is 21.8. The third-order valence-electron chi connectivity index (χ3n) is 7.70. The third-order valence-corrected chi connectivity index (χ3v) is 7.70. The topological polar surface area (TPSA) is 110 Å². The molecule has 39 heavy (non-hydrogen) atoms. The monoisotopic (exact) mass is 533 g/mol. The van der Waals surface area contributed by atoms with Crippen LogP contribution in [0.2, 0.25) is 0 Å². The highest BCUT2D eigenvalue weighted by atomic mass is 19.1. The van der Waals surface area contributed by atoms with E-state index >= 15 is 4.39 Å². The van der Waals surface area contributed by atoms with Gasteiger partial charge in [0, 0.05) is 18.3 Å². The SMILES string of the molecule is C=CC(=O)N(C)CCOc1c(N)ncnc1-c1cc(F)cc(NC(=O)c2ccc3c(c2F)CCC32CC2)c1C. The molecular weight excluding hydrogens is 504 g/mol. The van der Waals surface area contributed by atoms with Crippen molar-refractivity contribution in [3.05, 3.63) is 77.1 Å². The van der Waals surface area contributed by atoms with Gasteiger partial charge >= 0.3 is 0 Å². The molecule has 2 aromatic carbocycles. The van der Waals surface area contributed by atoms with E-state index in [9.17, 15) is 14.0 Å². The van der Waals surface area contributed by atoms with Crippen LogP contribution >= 0.6 is 0 Å². The molecule has 3 N–H and O–H groups in total. The molecule has 202 valence electrons. The normalized spacial score (nSPS) is 14.6. The molecule has 1 spiro atoms. The number of hydrogen-bond acceptors (Lipinski definition) is 6. The number of carbonyl (C=O) groups excluding carboxylic acids is 2. The van der Waals surface area contributed by atoms with Gasteiger partial charge in [0.1, 0.15) is 30.3 Å². The Morgan fingerprint density at radius 3 is 2.72 bits per heavy atom. The Labute approximate surface area is 224 Å². The predicted molar refractivity (Wildman–Crippen MR) is 143 cm³/mol. The lowest BCUT2D eigenvalue weighted by molar-refractivity contribution is -0.125. The van der Waals surface area contributed by atoms with Crippen molar-refractivity contribution < 1.29 is 23.1 Å². The second kappa shape index (κ2) is 10.1. The van der Waals surface area contributed by atoms with Gasteiger partial charge in [-0.05, 0) is 79.0 Å². The number of anilines is 2. The molecule has 2 amide bonds. The Kier molecular flexibility index (Phi) is 6.80. The summed E-state index contributed by atoms with van der Waals surface area (Å²) in [5.41, 5.74) is 8.85. The molecule has 2 aliphatic carbocycles. The van der Waals surface area contributed by atoms with Crippen LogP contribution in [-0.4, -0.2) is 46.9 Å². The lowest BCUT2D eigenvalue weighted by atomic mass is 9.96. The number of benzene rings is 2. The van der Waals surface area contributed by atoms with Gasteiger partial charge in [0.15, 0.2) is 11.6 Å². The lowest BCUT2D eigenvalue weighted by Crippen LogP contribution is -2.29. The maximum Gasteiger partial charge on any atom is 0.258 e. The zero-order chi connectivity index (χ0) is 27.9. The number of nitrogens with one attached hydrogen (secondary N) is 1. The van der Waals surface area contributed by atoms with Gasteiger partial charge in [0.2, 0.25) is 5.91 Å². The summed E-state index contributed by atoms with van der Waals surface area (Å²) in [6, 6.07) is 5.78. The first kappa shape index (κ1) is 26.3. The molecule has 1 heterocycles. The number of likely N-dealkylation sites (N-methyl/N-ethyl adjacent to an activating group) is 1. The van der Waals surface area contributed by atoms with Crippen LogP contribution < -0.4 is 15.8 Å².